The third kappa shape index (κ3) is 26.1. The molecule has 0 N–H and O–H groups in total. The molecule has 0 aliphatic carbocycles. The molecule has 0 aromatic carbocycles. The average Bonchev–Trinajstić information content (AvgIpc) is 2.27. The van der Waals surface area contributed by atoms with Gasteiger partial charge in [0.25, 0.3) is 0 Å². The molecule has 0 saturated heterocycles. The third-order valence-corrected chi connectivity index (χ3v) is 2.57. The van der Waals surface area contributed by atoms with E-state index in [1.54, 1.807) is 0 Å². The first kappa shape index (κ1) is 28.0. The first-order valence-electron chi connectivity index (χ1n) is 5.48. The number of rotatable bonds is 13. The van der Waals surface area contributed by atoms with Crippen LogP contribution >= 0.6 is 15.5 Å². The fourth-order valence-corrected chi connectivity index (χ4v) is 1.58. The number of halogens is 4. The summed E-state index contributed by atoms with van der Waals surface area (Å²) in [7, 11) is -10.3. The zero-order valence-corrected chi connectivity index (χ0v) is 12.3. The predicted molar refractivity (Wildman–Crippen MR) is 77.2 cm³/mol. The third-order valence-electron chi connectivity index (χ3n) is 1.60. The van der Waals surface area contributed by atoms with Gasteiger partial charge in [0.2, 0.25) is 0 Å². The molecule has 0 aliphatic rings. The molecule has 22 heavy (non-hydrogen) atoms. The molecule has 6 nitrogen and oxygen atoms in total. The molecule has 126 valence electrons. The fourth-order valence-electron chi connectivity index (χ4n) is 0.899. The van der Waals surface area contributed by atoms with E-state index in [9.17, 15) is 25.9 Å². The zero-order chi connectivity index (χ0) is 15.5. The van der Waals surface area contributed by atoms with Gasteiger partial charge in [0.05, 0.1) is 39.6 Å². The summed E-state index contributed by atoms with van der Waals surface area (Å²) in [5.74, 6) is 0. The van der Waals surface area contributed by atoms with Crippen molar-refractivity contribution in [1.29, 1.82) is 0 Å². The molecule has 14 heteroatoms. The maximum absolute atomic E-state index is 11.9. The summed E-state index contributed by atoms with van der Waals surface area (Å²) in [6, 6.07) is 0. The van der Waals surface area contributed by atoms with E-state index in [1.165, 1.54) is 0 Å². The van der Waals surface area contributed by atoms with Gasteiger partial charge in [-0.2, -0.15) is 16.8 Å². The van der Waals surface area contributed by atoms with E-state index >= 15 is 0 Å². The zero-order valence-electron chi connectivity index (χ0n) is 10.5. The van der Waals surface area contributed by atoms with E-state index < -0.39 is 28.2 Å². The molecule has 0 aliphatic heterocycles. The Morgan fingerprint density at radius 2 is 0.773 bits per heavy atom. The summed E-state index contributed by atoms with van der Waals surface area (Å²) in [6.07, 6.45) is -2.20. The number of hydrogen-bond donors (Lipinski definition) is 0. The molecule has 0 saturated carbocycles. The van der Waals surface area contributed by atoms with Gasteiger partial charge in [-0.15, -0.1) is 0 Å². The van der Waals surface area contributed by atoms with Gasteiger partial charge in [-0.3, -0.25) is 0 Å². The van der Waals surface area contributed by atoms with E-state index in [2.05, 4.69) is 9.47 Å². The van der Waals surface area contributed by atoms with Gasteiger partial charge < -0.3 is 18.9 Å². The van der Waals surface area contributed by atoms with Gasteiger partial charge in [-0.25, -0.2) is 9.13 Å². The van der Waals surface area contributed by atoms with Crippen molar-refractivity contribution in [3.63, 3.8) is 0 Å². The second-order valence-corrected chi connectivity index (χ2v) is 6.24. The van der Waals surface area contributed by atoms with Gasteiger partial charge in [-0.1, -0.05) is 0 Å². The van der Waals surface area contributed by atoms with Gasteiger partial charge >= 0.3 is 53.2 Å². The second kappa shape index (κ2) is 15.7. The quantitative estimate of drug-likeness (QED) is 0.216. The van der Waals surface area contributed by atoms with E-state index in [-0.39, 0.29) is 77.4 Å². The van der Waals surface area contributed by atoms with E-state index in [1.807, 2.05) is 0 Å². The van der Waals surface area contributed by atoms with Gasteiger partial charge in [0.1, 0.15) is 0 Å². The molecule has 0 bridgehead atoms. The Hall–Kier alpha value is 1.21. The van der Waals surface area contributed by atoms with Gasteiger partial charge in [0.15, 0.2) is 12.7 Å². The van der Waals surface area contributed by atoms with Crippen molar-refractivity contribution in [1.82, 2.24) is 0 Å². The second-order valence-electron chi connectivity index (χ2n) is 3.44. The van der Waals surface area contributed by atoms with Crippen LogP contribution in [0.1, 0.15) is 0 Å². The minimum atomic E-state index is -5.14. The standard InChI is InChI=1S/C8H16F4O6P2.2Li.2H/c9-19(10,13)7-17-5-3-15-1-2-16-4-6-18-8-20(11,12)14;;;;/h1-8H2;;;;. The van der Waals surface area contributed by atoms with E-state index in [4.69, 9.17) is 9.47 Å². The SMILES string of the molecule is O=P(F)(F)COCCOCCOCCOCP(=O)(F)F.[LiH].[LiH]. The summed E-state index contributed by atoms with van der Waals surface area (Å²) >= 11 is 0. The Bertz CT molecular complexity index is 311. The summed E-state index contributed by atoms with van der Waals surface area (Å²) < 4.78 is 86.0. The average molecular weight is 362 g/mol. The minimum absolute atomic E-state index is 0. The van der Waals surface area contributed by atoms with Crippen molar-refractivity contribution in [3.05, 3.63) is 0 Å². The molecule has 0 spiro atoms. The van der Waals surface area contributed by atoms with Crippen molar-refractivity contribution >= 4 is 53.2 Å². The Morgan fingerprint density at radius 3 is 1.00 bits per heavy atom. The molecule has 0 heterocycles. The van der Waals surface area contributed by atoms with Crippen molar-refractivity contribution in [2.75, 3.05) is 52.3 Å². The molecule has 0 rings (SSSR count). The summed E-state index contributed by atoms with van der Waals surface area (Å²) in [4.78, 5) is 0. The normalized spacial score (nSPS) is 11.6. The molecule has 0 radical (unpaired) electrons. The van der Waals surface area contributed by atoms with Crippen molar-refractivity contribution in [3.8, 4) is 0 Å². The van der Waals surface area contributed by atoms with Gasteiger partial charge in [0, 0.05) is 0 Å². The van der Waals surface area contributed by atoms with Crippen molar-refractivity contribution < 1.29 is 44.9 Å². The molecule has 0 unspecified atom stereocenters. The molecule has 0 atom stereocenters. The Labute approximate surface area is 150 Å². The molecular weight excluding hydrogens is 344 g/mol. The summed E-state index contributed by atoms with van der Waals surface area (Å²) in [6.45, 7) is 0.125. The van der Waals surface area contributed by atoms with Gasteiger partial charge in [-0.05, 0) is 0 Å². The van der Waals surface area contributed by atoms with Crippen LogP contribution in [0.5, 0.6) is 0 Å². The number of ether oxygens (including phenoxy) is 4. The van der Waals surface area contributed by atoms with Crippen LogP contribution in [0.4, 0.5) is 16.8 Å². The van der Waals surface area contributed by atoms with Crippen LogP contribution in [0.25, 0.3) is 0 Å². The van der Waals surface area contributed by atoms with Crippen LogP contribution in [-0.2, 0) is 28.1 Å². The van der Waals surface area contributed by atoms with E-state index in [0.717, 1.165) is 0 Å². The van der Waals surface area contributed by atoms with Crippen LogP contribution in [0, 0.1) is 0 Å². The first-order chi connectivity index (χ1) is 9.21. The molecule has 0 amide bonds. The summed E-state index contributed by atoms with van der Waals surface area (Å²) in [5.41, 5.74) is 0. The topological polar surface area (TPSA) is 71.1 Å². The summed E-state index contributed by atoms with van der Waals surface area (Å²) in [5, 5.41) is 0. The van der Waals surface area contributed by atoms with Crippen LogP contribution < -0.4 is 0 Å². The predicted octanol–water partition coefficient (Wildman–Crippen LogP) is 1.94. The molecule has 0 fully saturated rings. The van der Waals surface area contributed by atoms with Crippen LogP contribution in [0.15, 0.2) is 0 Å². The van der Waals surface area contributed by atoms with E-state index in [0.29, 0.717) is 0 Å². The van der Waals surface area contributed by atoms with Crippen LogP contribution in [0.3, 0.4) is 0 Å². The fraction of sp³-hybridized carbons (Fsp3) is 1.00. The Morgan fingerprint density at radius 1 is 0.545 bits per heavy atom. The maximum atomic E-state index is 11.9. The monoisotopic (exact) mass is 362 g/mol. The van der Waals surface area contributed by atoms with Crippen LogP contribution in [-0.4, -0.2) is 90.1 Å². The first-order valence-corrected chi connectivity index (χ1v) is 8.83. The molecule has 0 aromatic rings. The Kier molecular flexibility index (Phi) is 20.0. The molecular formula is C8H18F4Li2O6P2. The van der Waals surface area contributed by atoms with Crippen molar-refractivity contribution in [2.24, 2.45) is 0 Å². The van der Waals surface area contributed by atoms with Crippen molar-refractivity contribution in [2.45, 2.75) is 0 Å². The Balaban J connectivity index is -0.00000180. The number of hydrogen-bond acceptors (Lipinski definition) is 6. The molecule has 0 aromatic heterocycles. The van der Waals surface area contributed by atoms with Crippen LogP contribution in [0.2, 0.25) is 0 Å².